The number of hydrogen-bond donors (Lipinski definition) is 1. The number of aliphatic hydroxyl groups excluding tert-OH is 1. The highest BCUT2D eigenvalue weighted by Gasteiger charge is 2.23. The molecule has 1 aliphatic rings. The molecular formula is C22H25N3O3. The van der Waals surface area contributed by atoms with E-state index in [4.69, 9.17) is 4.42 Å². The summed E-state index contributed by atoms with van der Waals surface area (Å²) < 4.78 is 7.57. The molecule has 0 saturated heterocycles. The van der Waals surface area contributed by atoms with Crippen LogP contribution in [-0.4, -0.2) is 32.2 Å². The van der Waals surface area contributed by atoms with Gasteiger partial charge in [0.05, 0.1) is 24.0 Å². The van der Waals surface area contributed by atoms with Crippen LogP contribution in [0.4, 0.5) is 0 Å². The highest BCUT2D eigenvalue weighted by atomic mass is 16.3. The lowest BCUT2D eigenvalue weighted by molar-refractivity contribution is 0.0745. The fourth-order valence-electron chi connectivity index (χ4n) is 3.58. The molecular weight excluding hydrogens is 354 g/mol. The Bertz CT molecular complexity index is 971. The Balaban J connectivity index is 1.52. The van der Waals surface area contributed by atoms with Gasteiger partial charge in [0.2, 0.25) is 0 Å². The Kier molecular flexibility index (Phi) is 5.05. The van der Waals surface area contributed by atoms with E-state index in [-0.39, 0.29) is 5.91 Å². The Morgan fingerprint density at radius 1 is 1.21 bits per heavy atom. The summed E-state index contributed by atoms with van der Waals surface area (Å²) in [6.07, 6.45) is 0.910. The third-order valence-electron chi connectivity index (χ3n) is 5.21. The number of carbonyl (C=O) groups excluding carboxylic acids is 1. The molecule has 1 N–H and O–H groups in total. The number of aryl methyl sites for hydroxylation is 2. The van der Waals surface area contributed by atoms with E-state index in [1.54, 1.807) is 0 Å². The molecule has 1 amide bonds. The molecule has 4 rings (SSSR count). The van der Waals surface area contributed by atoms with E-state index in [0.29, 0.717) is 30.8 Å². The van der Waals surface area contributed by atoms with E-state index >= 15 is 0 Å². The Labute approximate surface area is 164 Å². The number of fused-ring (bicyclic) bond motifs is 1. The van der Waals surface area contributed by atoms with Crippen molar-refractivity contribution in [2.45, 2.75) is 45.9 Å². The first-order valence-electron chi connectivity index (χ1n) is 9.76. The highest BCUT2D eigenvalue weighted by molar-refractivity contribution is 5.94. The monoisotopic (exact) mass is 379 g/mol. The van der Waals surface area contributed by atoms with Crippen LogP contribution < -0.4 is 0 Å². The summed E-state index contributed by atoms with van der Waals surface area (Å²) in [6.45, 7) is 5.79. The molecule has 3 heterocycles. The predicted octanol–water partition coefficient (Wildman–Crippen LogP) is 3.94. The van der Waals surface area contributed by atoms with Gasteiger partial charge in [0.1, 0.15) is 11.5 Å². The van der Waals surface area contributed by atoms with Crippen molar-refractivity contribution in [1.29, 1.82) is 0 Å². The number of aromatic nitrogens is 2. The van der Waals surface area contributed by atoms with Crippen LogP contribution in [0.1, 0.15) is 53.4 Å². The van der Waals surface area contributed by atoms with Crippen molar-refractivity contribution < 1.29 is 14.3 Å². The van der Waals surface area contributed by atoms with Gasteiger partial charge in [0.15, 0.2) is 0 Å². The van der Waals surface area contributed by atoms with Crippen molar-refractivity contribution in [1.82, 2.24) is 14.7 Å². The van der Waals surface area contributed by atoms with Crippen LogP contribution in [0.3, 0.4) is 0 Å². The molecule has 1 aromatic carbocycles. The Hall–Kier alpha value is -2.86. The largest absolute Gasteiger partial charge is 0.461 e. The maximum absolute atomic E-state index is 13.0. The number of benzene rings is 1. The lowest BCUT2D eigenvalue weighted by atomic mass is 10.1. The van der Waals surface area contributed by atoms with Crippen LogP contribution in [0.25, 0.3) is 11.3 Å². The smallest absolute Gasteiger partial charge is 0.254 e. The number of hydrogen-bond acceptors (Lipinski definition) is 4. The van der Waals surface area contributed by atoms with Gasteiger partial charge in [-0.15, -0.1) is 0 Å². The quantitative estimate of drug-likeness (QED) is 0.745. The number of furan rings is 1. The lowest BCUT2D eigenvalue weighted by Gasteiger charge is -2.20. The van der Waals surface area contributed by atoms with Gasteiger partial charge in [-0.3, -0.25) is 9.48 Å². The summed E-state index contributed by atoms with van der Waals surface area (Å²) in [5.41, 5.74) is 3.27. The fourth-order valence-corrected chi connectivity index (χ4v) is 3.58. The summed E-state index contributed by atoms with van der Waals surface area (Å²) in [5, 5.41) is 14.6. The molecule has 146 valence electrons. The van der Waals surface area contributed by atoms with Crippen molar-refractivity contribution >= 4 is 5.91 Å². The minimum atomic E-state index is -0.554. The zero-order valence-corrected chi connectivity index (χ0v) is 16.3. The summed E-state index contributed by atoms with van der Waals surface area (Å²) in [7, 11) is 0. The van der Waals surface area contributed by atoms with Gasteiger partial charge >= 0.3 is 0 Å². The zero-order valence-electron chi connectivity index (χ0n) is 16.3. The Morgan fingerprint density at radius 2 is 2.00 bits per heavy atom. The summed E-state index contributed by atoms with van der Waals surface area (Å²) in [5.74, 6) is 1.68. The second-order valence-electron chi connectivity index (χ2n) is 7.28. The van der Waals surface area contributed by atoms with Crippen molar-refractivity contribution in [2.75, 3.05) is 6.54 Å². The molecule has 28 heavy (non-hydrogen) atoms. The second-order valence-corrected chi connectivity index (χ2v) is 7.28. The van der Waals surface area contributed by atoms with E-state index < -0.39 is 6.10 Å². The van der Waals surface area contributed by atoms with E-state index in [0.717, 1.165) is 35.7 Å². The first kappa shape index (κ1) is 18.5. The number of nitrogens with zero attached hydrogens (tertiary/aromatic N) is 3. The van der Waals surface area contributed by atoms with Crippen LogP contribution in [0.15, 0.2) is 46.9 Å². The molecule has 0 saturated carbocycles. The maximum Gasteiger partial charge on any atom is 0.254 e. The molecule has 3 aromatic rings. The number of carbonyl (C=O) groups is 1. The van der Waals surface area contributed by atoms with Gasteiger partial charge in [-0.25, -0.2) is 0 Å². The zero-order chi connectivity index (χ0) is 19.7. The van der Waals surface area contributed by atoms with E-state index in [9.17, 15) is 9.90 Å². The molecule has 6 nitrogen and oxygen atoms in total. The Morgan fingerprint density at radius 3 is 2.68 bits per heavy atom. The molecule has 0 unspecified atom stereocenters. The topological polar surface area (TPSA) is 71.5 Å². The number of amides is 1. The minimum Gasteiger partial charge on any atom is -0.461 e. The van der Waals surface area contributed by atoms with Gasteiger partial charge in [0.25, 0.3) is 5.91 Å². The normalized spacial score (nSPS) is 15.2. The first-order valence-corrected chi connectivity index (χ1v) is 9.76. The van der Waals surface area contributed by atoms with Gasteiger partial charge in [0, 0.05) is 24.2 Å². The molecule has 0 bridgehead atoms. The van der Waals surface area contributed by atoms with Crippen molar-refractivity contribution in [3.63, 3.8) is 0 Å². The highest BCUT2D eigenvalue weighted by Crippen LogP contribution is 2.24. The van der Waals surface area contributed by atoms with E-state index in [1.807, 2.05) is 65.9 Å². The summed E-state index contributed by atoms with van der Waals surface area (Å²) >= 11 is 0. The van der Waals surface area contributed by atoms with E-state index in [1.165, 1.54) is 0 Å². The fraction of sp³-hybridized carbons (Fsp3) is 0.364. The van der Waals surface area contributed by atoms with Crippen molar-refractivity contribution in [2.24, 2.45) is 0 Å². The molecule has 1 atom stereocenters. The number of aliphatic hydroxyl groups is 1. The third-order valence-corrected chi connectivity index (χ3v) is 5.21. The molecule has 0 fully saturated rings. The molecule has 0 spiro atoms. The van der Waals surface area contributed by atoms with Gasteiger partial charge in [-0.2, -0.15) is 5.10 Å². The third kappa shape index (κ3) is 3.60. The standard InChI is InChI=1S/C22H25N3O3/c1-3-20(26)19-13-18-14-24(11-4-12-25(18)23-19)22(27)17-8-6-16(7-9-17)21-10-5-15(2)28-21/h5-10,13,20,26H,3-4,11-12,14H2,1-2H3/t20-/m0/s1. The minimum absolute atomic E-state index is 0.00872. The molecule has 0 radical (unpaired) electrons. The van der Waals surface area contributed by atoms with Crippen molar-refractivity contribution in [3.05, 3.63) is 65.2 Å². The molecule has 6 heteroatoms. The summed E-state index contributed by atoms with van der Waals surface area (Å²) in [6, 6.07) is 13.3. The average molecular weight is 379 g/mol. The van der Waals surface area contributed by atoms with Crippen LogP contribution >= 0.6 is 0 Å². The van der Waals surface area contributed by atoms with Crippen LogP contribution in [0.5, 0.6) is 0 Å². The maximum atomic E-state index is 13.0. The van der Waals surface area contributed by atoms with Gasteiger partial charge in [-0.05, 0) is 50.1 Å². The van der Waals surface area contributed by atoms with E-state index in [2.05, 4.69) is 5.10 Å². The van der Waals surface area contributed by atoms with Gasteiger partial charge in [-0.1, -0.05) is 19.1 Å². The second kappa shape index (κ2) is 7.64. The molecule has 2 aromatic heterocycles. The van der Waals surface area contributed by atoms with Crippen molar-refractivity contribution in [3.8, 4) is 11.3 Å². The lowest BCUT2D eigenvalue weighted by Crippen LogP contribution is -2.30. The SMILES string of the molecule is CC[C@H](O)c1cc2n(n1)CCCN(C(=O)c1ccc(-c3ccc(C)o3)cc1)C2. The summed E-state index contributed by atoms with van der Waals surface area (Å²) in [4.78, 5) is 14.9. The average Bonchev–Trinajstić information content (AvgIpc) is 3.27. The molecule has 0 aliphatic carbocycles. The van der Waals surface area contributed by atoms with Gasteiger partial charge < -0.3 is 14.4 Å². The van der Waals surface area contributed by atoms with Crippen LogP contribution in [-0.2, 0) is 13.1 Å². The predicted molar refractivity (Wildman–Crippen MR) is 106 cm³/mol. The van der Waals surface area contributed by atoms with Crippen LogP contribution in [0.2, 0.25) is 0 Å². The number of rotatable bonds is 4. The molecule has 1 aliphatic heterocycles. The van der Waals surface area contributed by atoms with Crippen LogP contribution in [0, 0.1) is 6.92 Å². The first-order chi connectivity index (χ1) is 13.5.